The fourth-order valence-electron chi connectivity index (χ4n) is 3.38. The summed E-state index contributed by atoms with van der Waals surface area (Å²) in [5.74, 6) is -0.845. The van der Waals surface area contributed by atoms with Crippen molar-refractivity contribution in [3.05, 3.63) is 78.1 Å². The summed E-state index contributed by atoms with van der Waals surface area (Å²) in [6.45, 7) is 1.74. The maximum Gasteiger partial charge on any atom is 0.310 e. The van der Waals surface area contributed by atoms with Gasteiger partial charge in [0.2, 0.25) is 0 Å². The lowest BCUT2D eigenvalue weighted by atomic mass is 10.0. The van der Waals surface area contributed by atoms with Crippen LogP contribution >= 0.6 is 0 Å². The molecule has 0 aliphatic heterocycles. The molecule has 0 radical (unpaired) electrons. The number of carbonyl (C=O) groups is 2. The Labute approximate surface area is 168 Å². The number of aryl methyl sites for hydroxylation is 1. The number of anilines is 1. The number of carbonyl (C=O) groups excluding carboxylic acids is 2. The molecule has 29 heavy (non-hydrogen) atoms. The third-order valence-corrected chi connectivity index (χ3v) is 4.89. The number of fused-ring (bicyclic) bond motifs is 3. The maximum absolute atomic E-state index is 12.3. The molecular formula is C24H21NO4. The zero-order chi connectivity index (χ0) is 20.2. The third-order valence-electron chi connectivity index (χ3n) is 4.89. The first-order chi connectivity index (χ1) is 14.1. The fraction of sp³-hybridized carbons (Fsp3) is 0.167. The van der Waals surface area contributed by atoms with Crippen molar-refractivity contribution in [2.75, 3.05) is 11.9 Å². The predicted molar refractivity (Wildman–Crippen MR) is 113 cm³/mol. The molecule has 0 fully saturated rings. The van der Waals surface area contributed by atoms with Gasteiger partial charge in [0.15, 0.2) is 6.61 Å². The number of hydrogen-bond acceptors (Lipinski definition) is 4. The molecule has 0 saturated carbocycles. The fourth-order valence-corrected chi connectivity index (χ4v) is 3.38. The molecule has 0 unspecified atom stereocenters. The van der Waals surface area contributed by atoms with E-state index in [9.17, 15) is 9.59 Å². The molecule has 146 valence electrons. The van der Waals surface area contributed by atoms with E-state index in [0.29, 0.717) is 5.69 Å². The third kappa shape index (κ3) is 4.14. The van der Waals surface area contributed by atoms with Crippen molar-refractivity contribution in [1.29, 1.82) is 0 Å². The van der Waals surface area contributed by atoms with Gasteiger partial charge in [-0.25, -0.2) is 0 Å². The molecular weight excluding hydrogens is 366 g/mol. The van der Waals surface area contributed by atoms with Crippen LogP contribution in [0.5, 0.6) is 0 Å². The minimum absolute atomic E-state index is 0.0412. The van der Waals surface area contributed by atoms with Gasteiger partial charge >= 0.3 is 5.97 Å². The van der Waals surface area contributed by atoms with E-state index in [4.69, 9.17) is 9.15 Å². The van der Waals surface area contributed by atoms with Gasteiger partial charge in [0.05, 0.1) is 12.7 Å². The van der Waals surface area contributed by atoms with Crippen LogP contribution in [0.15, 0.2) is 71.3 Å². The molecule has 0 atom stereocenters. The maximum atomic E-state index is 12.3. The van der Waals surface area contributed by atoms with Crippen LogP contribution in [0.1, 0.15) is 18.1 Å². The molecule has 4 aromatic rings. The normalized spacial score (nSPS) is 10.9. The van der Waals surface area contributed by atoms with Gasteiger partial charge in [-0.3, -0.25) is 9.59 Å². The van der Waals surface area contributed by atoms with Gasteiger partial charge in [-0.15, -0.1) is 0 Å². The topological polar surface area (TPSA) is 68.5 Å². The van der Waals surface area contributed by atoms with Crippen molar-refractivity contribution >= 4 is 39.3 Å². The van der Waals surface area contributed by atoms with Crippen LogP contribution in [-0.2, 0) is 27.2 Å². The molecule has 0 saturated heterocycles. The Kier molecular flexibility index (Phi) is 5.29. The van der Waals surface area contributed by atoms with E-state index in [1.807, 2.05) is 60.7 Å². The van der Waals surface area contributed by atoms with E-state index in [2.05, 4.69) is 12.2 Å². The summed E-state index contributed by atoms with van der Waals surface area (Å²) in [7, 11) is 0. The Morgan fingerprint density at radius 1 is 1.00 bits per heavy atom. The van der Waals surface area contributed by atoms with Crippen molar-refractivity contribution in [3.8, 4) is 0 Å². The highest BCUT2D eigenvalue weighted by Gasteiger charge is 2.15. The molecule has 0 aliphatic rings. The number of ether oxygens (including phenoxy) is 1. The molecule has 1 amide bonds. The van der Waals surface area contributed by atoms with E-state index in [-0.39, 0.29) is 18.9 Å². The summed E-state index contributed by atoms with van der Waals surface area (Å²) in [6.07, 6.45) is 2.55. The Hall–Kier alpha value is -3.60. The Morgan fingerprint density at radius 2 is 1.79 bits per heavy atom. The molecule has 5 heteroatoms. The first-order valence-corrected chi connectivity index (χ1v) is 9.56. The summed E-state index contributed by atoms with van der Waals surface area (Å²) < 4.78 is 10.8. The van der Waals surface area contributed by atoms with Crippen LogP contribution in [0.4, 0.5) is 5.69 Å². The number of rotatable bonds is 6. The van der Waals surface area contributed by atoms with E-state index >= 15 is 0 Å². The molecule has 3 aromatic carbocycles. The average Bonchev–Trinajstić information content (AvgIpc) is 3.16. The Balaban J connectivity index is 1.39. The first-order valence-electron chi connectivity index (χ1n) is 9.56. The number of esters is 1. The van der Waals surface area contributed by atoms with Gasteiger partial charge in [-0.2, -0.15) is 0 Å². The quantitative estimate of drug-likeness (QED) is 0.479. The zero-order valence-corrected chi connectivity index (χ0v) is 16.1. The minimum Gasteiger partial charge on any atom is -0.464 e. The number of amides is 1. The molecule has 0 spiro atoms. The molecule has 0 aliphatic carbocycles. The predicted octanol–water partition coefficient (Wildman–Crippen LogP) is 4.87. The summed E-state index contributed by atoms with van der Waals surface area (Å²) in [6, 6.07) is 19.4. The molecule has 5 nitrogen and oxygen atoms in total. The van der Waals surface area contributed by atoms with E-state index in [1.54, 1.807) is 6.26 Å². The second kappa shape index (κ2) is 8.19. The highest BCUT2D eigenvalue weighted by atomic mass is 16.5. The van der Waals surface area contributed by atoms with Crippen molar-refractivity contribution in [3.63, 3.8) is 0 Å². The lowest BCUT2D eigenvalue weighted by molar-refractivity contribution is -0.146. The summed E-state index contributed by atoms with van der Waals surface area (Å²) in [4.78, 5) is 24.3. The van der Waals surface area contributed by atoms with Crippen molar-refractivity contribution in [2.24, 2.45) is 0 Å². The molecule has 0 bridgehead atoms. The number of furan rings is 1. The van der Waals surface area contributed by atoms with Gasteiger partial charge in [0.1, 0.15) is 5.58 Å². The smallest absolute Gasteiger partial charge is 0.310 e. The van der Waals surface area contributed by atoms with Crippen LogP contribution in [0.25, 0.3) is 21.7 Å². The average molecular weight is 387 g/mol. The summed E-state index contributed by atoms with van der Waals surface area (Å²) >= 11 is 0. The standard InChI is InChI=1S/C24H21NO4/c1-2-16-7-10-19(11-8-16)25-22(26)15-29-23(27)13-18-14-28-21-12-9-17-5-3-4-6-20(17)24(18)21/h3-12,14H,2,13,15H2,1H3,(H,25,26). The van der Waals surface area contributed by atoms with Crippen LogP contribution in [0.2, 0.25) is 0 Å². The van der Waals surface area contributed by atoms with Crippen LogP contribution < -0.4 is 5.32 Å². The minimum atomic E-state index is -0.475. The van der Waals surface area contributed by atoms with Crippen LogP contribution in [0, 0.1) is 0 Å². The number of nitrogens with one attached hydrogen (secondary N) is 1. The SMILES string of the molecule is CCc1ccc(NC(=O)COC(=O)Cc2coc3ccc4ccccc4c23)cc1. The Bertz CT molecular complexity index is 1170. The highest BCUT2D eigenvalue weighted by Crippen LogP contribution is 2.30. The van der Waals surface area contributed by atoms with E-state index in [1.165, 1.54) is 5.56 Å². The van der Waals surface area contributed by atoms with Crippen molar-refractivity contribution in [2.45, 2.75) is 19.8 Å². The van der Waals surface area contributed by atoms with Crippen LogP contribution in [-0.4, -0.2) is 18.5 Å². The van der Waals surface area contributed by atoms with E-state index < -0.39 is 5.97 Å². The second-order valence-electron chi connectivity index (χ2n) is 6.86. The molecule has 1 heterocycles. The zero-order valence-electron chi connectivity index (χ0n) is 16.1. The Morgan fingerprint density at radius 3 is 2.59 bits per heavy atom. The van der Waals surface area contributed by atoms with Gasteiger partial charge < -0.3 is 14.5 Å². The highest BCUT2D eigenvalue weighted by molar-refractivity contribution is 6.08. The van der Waals surface area contributed by atoms with E-state index in [0.717, 1.165) is 33.7 Å². The van der Waals surface area contributed by atoms with Gasteiger partial charge in [-0.1, -0.05) is 49.4 Å². The largest absolute Gasteiger partial charge is 0.464 e. The van der Waals surface area contributed by atoms with Gasteiger partial charge in [-0.05, 0) is 41.0 Å². The monoisotopic (exact) mass is 387 g/mol. The number of hydrogen-bond donors (Lipinski definition) is 1. The van der Waals surface area contributed by atoms with Crippen LogP contribution in [0.3, 0.4) is 0 Å². The molecule has 1 aromatic heterocycles. The summed E-state index contributed by atoms with van der Waals surface area (Å²) in [5, 5.41) is 5.73. The molecule has 4 rings (SSSR count). The summed E-state index contributed by atoms with van der Waals surface area (Å²) in [5.41, 5.74) is 3.34. The second-order valence-corrected chi connectivity index (χ2v) is 6.86. The van der Waals surface area contributed by atoms with Gasteiger partial charge in [0, 0.05) is 16.6 Å². The lowest BCUT2D eigenvalue weighted by Gasteiger charge is -2.07. The lowest BCUT2D eigenvalue weighted by Crippen LogP contribution is -2.21. The van der Waals surface area contributed by atoms with Crippen molar-refractivity contribution < 1.29 is 18.7 Å². The molecule has 1 N–H and O–H groups in total. The van der Waals surface area contributed by atoms with Crippen molar-refractivity contribution in [1.82, 2.24) is 0 Å². The number of benzene rings is 3. The van der Waals surface area contributed by atoms with Gasteiger partial charge in [0.25, 0.3) is 5.91 Å². The first kappa shape index (κ1) is 18.7.